The molecule has 0 bridgehead atoms. The van der Waals surface area contributed by atoms with E-state index in [2.05, 4.69) is 19.7 Å². The molecular formula is C11H12N4O2S2. The summed E-state index contributed by atoms with van der Waals surface area (Å²) in [5, 5.41) is 18.8. The van der Waals surface area contributed by atoms with Gasteiger partial charge in [0.2, 0.25) is 0 Å². The van der Waals surface area contributed by atoms with Crippen LogP contribution in [0.5, 0.6) is 0 Å². The van der Waals surface area contributed by atoms with E-state index in [1.165, 1.54) is 11.8 Å². The summed E-state index contributed by atoms with van der Waals surface area (Å²) in [5.41, 5.74) is 0. The Bertz CT molecular complexity index is 618. The van der Waals surface area contributed by atoms with E-state index in [4.69, 9.17) is 5.11 Å². The molecule has 0 spiro atoms. The maximum atomic E-state index is 10.7. The third-order valence-electron chi connectivity index (χ3n) is 2.74. The average molecular weight is 296 g/mol. The second-order valence-corrected chi connectivity index (χ2v) is 6.51. The molecule has 6 nitrogen and oxygen atoms in total. The molecular weight excluding hydrogens is 284 g/mol. The minimum Gasteiger partial charge on any atom is -0.481 e. The van der Waals surface area contributed by atoms with E-state index in [9.17, 15) is 4.79 Å². The van der Waals surface area contributed by atoms with Crippen LogP contribution in [0.2, 0.25) is 0 Å². The highest BCUT2D eigenvalue weighted by Crippen LogP contribution is 2.41. The molecule has 1 saturated carbocycles. The fraction of sp³-hybridized carbons (Fsp3) is 0.455. The van der Waals surface area contributed by atoms with Gasteiger partial charge in [0, 0.05) is 12.2 Å². The van der Waals surface area contributed by atoms with Crippen molar-refractivity contribution in [2.75, 3.05) is 5.75 Å². The van der Waals surface area contributed by atoms with Crippen LogP contribution in [0.15, 0.2) is 11.4 Å². The van der Waals surface area contributed by atoms with Crippen molar-refractivity contribution in [3.8, 4) is 10.7 Å². The third-order valence-corrected chi connectivity index (χ3v) is 4.58. The van der Waals surface area contributed by atoms with Gasteiger partial charge in [0.05, 0.1) is 15.6 Å². The van der Waals surface area contributed by atoms with Crippen molar-refractivity contribution >= 4 is 29.1 Å². The number of aryl methyl sites for hydroxylation is 1. The normalized spacial score (nSPS) is 14.8. The zero-order valence-corrected chi connectivity index (χ0v) is 11.9. The summed E-state index contributed by atoms with van der Waals surface area (Å²) in [6, 6.07) is 0.406. The Morgan fingerprint density at radius 2 is 2.37 bits per heavy atom. The van der Waals surface area contributed by atoms with E-state index in [1.807, 2.05) is 6.92 Å². The first kappa shape index (κ1) is 12.6. The zero-order valence-electron chi connectivity index (χ0n) is 10.2. The quantitative estimate of drug-likeness (QED) is 0.852. The van der Waals surface area contributed by atoms with Gasteiger partial charge in [-0.25, -0.2) is 4.98 Å². The minimum atomic E-state index is -0.842. The number of thioether (sulfide) groups is 1. The van der Waals surface area contributed by atoms with Crippen molar-refractivity contribution in [2.45, 2.75) is 31.0 Å². The molecule has 2 heterocycles. The van der Waals surface area contributed by atoms with Crippen LogP contribution in [0.1, 0.15) is 23.9 Å². The number of aromatic nitrogens is 4. The van der Waals surface area contributed by atoms with Crippen LogP contribution in [0.3, 0.4) is 0 Å². The zero-order chi connectivity index (χ0) is 13.4. The molecule has 2 aromatic heterocycles. The van der Waals surface area contributed by atoms with Crippen LogP contribution in [0, 0.1) is 6.92 Å². The van der Waals surface area contributed by atoms with Gasteiger partial charge in [-0.3, -0.25) is 9.36 Å². The van der Waals surface area contributed by atoms with E-state index in [0.29, 0.717) is 11.2 Å². The van der Waals surface area contributed by atoms with Crippen molar-refractivity contribution in [2.24, 2.45) is 0 Å². The molecule has 8 heteroatoms. The Labute approximate surface area is 117 Å². The van der Waals surface area contributed by atoms with E-state index >= 15 is 0 Å². The lowest BCUT2D eigenvalue weighted by Gasteiger charge is -2.06. The van der Waals surface area contributed by atoms with Crippen molar-refractivity contribution in [3.05, 3.63) is 11.2 Å². The molecule has 1 aliphatic carbocycles. The predicted molar refractivity (Wildman–Crippen MR) is 72.5 cm³/mol. The molecule has 0 amide bonds. The van der Waals surface area contributed by atoms with Gasteiger partial charge in [-0.1, -0.05) is 11.8 Å². The lowest BCUT2D eigenvalue weighted by atomic mass is 10.5. The molecule has 0 aliphatic heterocycles. The number of carbonyl (C=O) groups is 1. The van der Waals surface area contributed by atoms with Gasteiger partial charge in [-0.15, -0.1) is 21.5 Å². The molecule has 2 aromatic rings. The molecule has 0 aromatic carbocycles. The van der Waals surface area contributed by atoms with Crippen LogP contribution >= 0.6 is 23.1 Å². The maximum absolute atomic E-state index is 10.7. The van der Waals surface area contributed by atoms with E-state index in [0.717, 1.165) is 28.6 Å². The van der Waals surface area contributed by atoms with E-state index < -0.39 is 5.97 Å². The maximum Gasteiger partial charge on any atom is 0.313 e. The monoisotopic (exact) mass is 296 g/mol. The van der Waals surface area contributed by atoms with Gasteiger partial charge in [0.25, 0.3) is 0 Å². The summed E-state index contributed by atoms with van der Waals surface area (Å²) in [6.45, 7) is 1.95. The van der Waals surface area contributed by atoms with Crippen molar-refractivity contribution in [3.63, 3.8) is 0 Å². The Kier molecular flexibility index (Phi) is 3.28. The molecule has 0 unspecified atom stereocenters. The smallest absolute Gasteiger partial charge is 0.313 e. The summed E-state index contributed by atoms with van der Waals surface area (Å²) in [7, 11) is 0. The van der Waals surface area contributed by atoms with Crippen molar-refractivity contribution in [1.82, 2.24) is 19.7 Å². The first-order chi connectivity index (χ1) is 9.15. The molecule has 19 heavy (non-hydrogen) atoms. The van der Waals surface area contributed by atoms with Crippen LogP contribution < -0.4 is 0 Å². The number of carboxylic acids is 1. The number of hydrogen-bond donors (Lipinski definition) is 1. The number of thiazole rings is 1. The predicted octanol–water partition coefficient (Wildman–Crippen LogP) is 2.22. The Hall–Kier alpha value is -1.41. The molecule has 1 aliphatic rings. The molecule has 0 saturated heterocycles. The SMILES string of the molecule is Cc1ncc(-c2nnc(SCC(=O)O)n2C2CC2)s1. The molecule has 0 atom stereocenters. The Morgan fingerprint density at radius 1 is 1.58 bits per heavy atom. The fourth-order valence-electron chi connectivity index (χ4n) is 1.80. The first-order valence-corrected chi connectivity index (χ1v) is 7.67. The van der Waals surface area contributed by atoms with Gasteiger partial charge in [-0.05, 0) is 19.8 Å². The van der Waals surface area contributed by atoms with Gasteiger partial charge < -0.3 is 5.11 Å². The number of carboxylic acid groups (broad SMARTS) is 1. The van der Waals surface area contributed by atoms with Gasteiger partial charge in [-0.2, -0.15) is 0 Å². The number of hydrogen-bond acceptors (Lipinski definition) is 6. The number of aliphatic carboxylic acids is 1. The van der Waals surface area contributed by atoms with Gasteiger partial charge in [0.1, 0.15) is 0 Å². The summed E-state index contributed by atoms with van der Waals surface area (Å²) < 4.78 is 2.06. The molecule has 3 rings (SSSR count). The van der Waals surface area contributed by atoms with Crippen LogP contribution in [-0.2, 0) is 4.79 Å². The third kappa shape index (κ3) is 2.64. The second-order valence-electron chi connectivity index (χ2n) is 4.33. The summed E-state index contributed by atoms with van der Waals surface area (Å²) in [4.78, 5) is 15.9. The number of rotatable bonds is 5. The average Bonchev–Trinajstić information content (AvgIpc) is 2.97. The number of nitrogens with zero attached hydrogens (tertiary/aromatic N) is 4. The summed E-state index contributed by atoms with van der Waals surface area (Å²) >= 11 is 2.80. The minimum absolute atomic E-state index is 0.00652. The van der Waals surface area contributed by atoms with Crippen LogP contribution in [0.4, 0.5) is 0 Å². The molecule has 1 N–H and O–H groups in total. The molecule has 0 radical (unpaired) electrons. The summed E-state index contributed by atoms with van der Waals surface area (Å²) in [5.74, 6) is -0.0291. The topological polar surface area (TPSA) is 80.9 Å². The largest absolute Gasteiger partial charge is 0.481 e. The first-order valence-electron chi connectivity index (χ1n) is 5.87. The van der Waals surface area contributed by atoms with Crippen LogP contribution in [-0.4, -0.2) is 36.6 Å². The second kappa shape index (κ2) is 4.93. The Balaban J connectivity index is 1.94. The van der Waals surface area contributed by atoms with Crippen LogP contribution in [0.25, 0.3) is 10.7 Å². The summed E-state index contributed by atoms with van der Waals surface area (Å²) in [6.07, 6.45) is 4.00. The highest BCUT2D eigenvalue weighted by Gasteiger charge is 2.30. The standard InChI is InChI=1S/C11H12N4O2S2/c1-6-12-4-8(19-6)10-13-14-11(18-5-9(16)17)15(10)7-2-3-7/h4,7H,2-3,5H2,1H3,(H,16,17). The van der Waals surface area contributed by atoms with Crippen molar-refractivity contribution in [1.29, 1.82) is 0 Å². The van der Waals surface area contributed by atoms with Gasteiger partial charge >= 0.3 is 5.97 Å². The van der Waals surface area contributed by atoms with Gasteiger partial charge in [0.15, 0.2) is 11.0 Å². The Morgan fingerprint density at radius 3 is 2.95 bits per heavy atom. The van der Waals surface area contributed by atoms with E-state index in [1.54, 1.807) is 17.5 Å². The molecule has 100 valence electrons. The van der Waals surface area contributed by atoms with Crippen molar-refractivity contribution < 1.29 is 9.90 Å². The van der Waals surface area contributed by atoms with E-state index in [-0.39, 0.29) is 5.75 Å². The molecule has 1 fully saturated rings. The lowest BCUT2D eigenvalue weighted by Crippen LogP contribution is -2.02. The lowest BCUT2D eigenvalue weighted by molar-refractivity contribution is -0.133. The highest BCUT2D eigenvalue weighted by molar-refractivity contribution is 7.99. The highest BCUT2D eigenvalue weighted by atomic mass is 32.2. The fourth-order valence-corrected chi connectivity index (χ4v) is 3.28.